The molecule has 4 rings (SSSR count). The standard InChI is InChI=1S/C25H28N4O4/c1-16-13-19(21-5-3-4-6-22(21)26-16)15-33-20-9-7-17(8-10-20)25(31)27-24-18(11-12-29(24)2)14-23(30)28-32/h3-10,13,18,24,32H,11-12,14-15H2,1-2H3,(H,27,31)(H,28,30)/t18-,24?/m0/s1. The molecule has 1 saturated heterocycles. The Bertz CT molecular complexity index is 1150. The van der Waals surface area contributed by atoms with E-state index in [1.807, 2.05) is 49.2 Å². The summed E-state index contributed by atoms with van der Waals surface area (Å²) < 4.78 is 5.98. The summed E-state index contributed by atoms with van der Waals surface area (Å²) >= 11 is 0. The summed E-state index contributed by atoms with van der Waals surface area (Å²) in [4.78, 5) is 30.9. The van der Waals surface area contributed by atoms with Crippen LogP contribution in [0.5, 0.6) is 5.75 Å². The number of fused-ring (bicyclic) bond motifs is 1. The Morgan fingerprint density at radius 1 is 1.18 bits per heavy atom. The highest BCUT2D eigenvalue weighted by atomic mass is 16.5. The molecule has 2 heterocycles. The number of ether oxygens (including phenoxy) is 1. The molecule has 1 fully saturated rings. The second-order valence-electron chi connectivity index (χ2n) is 8.44. The number of hydrogen-bond acceptors (Lipinski definition) is 6. The molecular weight excluding hydrogens is 420 g/mol. The van der Waals surface area contributed by atoms with Crippen LogP contribution in [0.15, 0.2) is 54.6 Å². The Morgan fingerprint density at radius 3 is 2.70 bits per heavy atom. The summed E-state index contributed by atoms with van der Waals surface area (Å²) in [6.45, 7) is 3.13. The highest BCUT2D eigenvalue weighted by Gasteiger charge is 2.34. The first-order chi connectivity index (χ1) is 15.9. The van der Waals surface area contributed by atoms with Gasteiger partial charge in [-0.3, -0.25) is 24.7 Å². The van der Waals surface area contributed by atoms with Gasteiger partial charge in [-0.15, -0.1) is 0 Å². The van der Waals surface area contributed by atoms with Crippen molar-refractivity contribution in [3.63, 3.8) is 0 Å². The fourth-order valence-corrected chi connectivity index (χ4v) is 4.35. The zero-order valence-corrected chi connectivity index (χ0v) is 18.7. The Morgan fingerprint density at radius 2 is 1.94 bits per heavy atom. The summed E-state index contributed by atoms with van der Waals surface area (Å²) in [5, 5.41) is 12.9. The summed E-state index contributed by atoms with van der Waals surface area (Å²) in [7, 11) is 1.91. The molecule has 1 aromatic heterocycles. The fraction of sp³-hybridized carbons (Fsp3) is 0.320. The second kappa shape index (κ2) is 9.97. The van der Waals surface area contributed by atoms with Crippen molar-refractivity contribution < 1.29 is 19.5 Å². The molecule has 0 spiro atoms. The quantitative estimate of drug-likeness (QED) is 0.379. The molecule has 0 saturated carbocycles. The predicted molar refractivity (Wildman–Crippen MR) is 124 cm³/mol. The van der Waals surface area contributed by atoms with Crippen molar-refractivity contribution in [1.82, 2.24) is 20.7 Å². The summed E-state index contributed by atoms with van der Waals surface area (Å²) in [6, 6.07) is 17.0. The lowest BCUT2D eigenvalue weighted by molar-refractivity contribution is -0.130. The number of aromatic nitrogens is 1. The van der Waals surface area contributed by atoms with E-state index in [1.165, 1.54) is 0 Å². The molecule has 1 unspecified atom stereocenters. The number of carbonyl (C=O) groups excluding carboxylic acids is 2. The molecule has 33 heavy (non-hydrogen) atoms. The Kier molecular flexibility index (Phi) is 6.86. The minimum atomic E-state index is -0.451. The van der Waals surface area contributed by atoms with Crippen molar-refractivity contribution in [2.75, 3.05) is 13.6 Å². The highest BCUT2D eigenvalue weighted by Crippen LogP contribution is 2.25. The van der Waals surface area contributed by atoms with E-state index >= 15 is 0 Å². The first-order valence-corrected chi connectivity index (χ1v) is 11.0. The number of para-hydroxylation sites is 1. The third-order valence-electron chi connectivity index (χ3n) is 6.07. The number of benzene rings is 2. The molecule has 0 radical (unpaired) electrons. The van der Waals surface area contributed by atoms with Crippen LogP contribution in [0.25, 0.3) is 10.9 Å². The number of nitrogens with zero attached hydrogens (tertiary/aromatic N) is 2. The predicted octanol–water partition coefficient (Wildman–Crippen LogP) is 3.03. The van der Waals surface area contributed by atoms with Crippen molar-refractivity contribution in [2.45, 2.75) is 32.5 Å². The monoisotopic (exact) mass is 448 g/mol. The van der Waals surface area contributed by atoms with Crippen LogP contribution in [0.3, 0.4) is 0 Å². The van der Waals surface area contributed by atoms with Crippen LogP contribution in [0.2, 0.25) is 0 Å². The van der Waals surface area contributed by atoms with Crippen LogP contribution in [0.4, 0.5) is 0 Å². The number of likely N-dealkylation sites (tertiary alicyclic amines) is 1. The van der Waals surface area contributed by atoms with Gasteiger partial charge in [-0.2, -0.15) is 0 Å². The molecular formula is C25H28N4O4. The third kappa shape index (κ3) is 5.30. The van der Waals surface area contributed by atoms with Crippen LogP contribution in [-0.4, -0.2) is 46.7 Å². The summed E-state index contributed by atoms with van der Waals surface area (Å²) in [5.74, 6) is -0.0633. The molecule has 3 aromatic rings. The lowest BCUT2D eigenvalue weighted by atomic mass is 10.0. The van der Waals surface area contributed by atoms with Gasteiger partial charge in [-0.25, -0.2) is 5.48 Å². The van der Waals surface area contributed by atoms with Crippen LogP contribution >= 0.6 is 0 Å². The van der Waals surface area contributed by atoms with Gasteiger partial charge in [0.2, 0.25) is 5.91 Å². The van der Waals surface area contributed by atoms with E-state index < -0.39 is 5.91 Å². The van der Waals surface area contributed by atoms with Crippen LogP contribution in [0.1, 0.15) is 34.5 Å². The second-order valence-corrected chi connectivity index (χ2v) is 8.44. The van der Waals surface area contributed by atoms with Crippen LogP contribution in [-0.2, 0) is 11.4 Å². The average Bonchev–Trinajstić information content (AvgIpc) is 3.16. The first kappa shape index (κ1) is 22.7. The molecule has 1 aliphatic rings. The van der Waals surface area contributed by atoms with Crippen LogP contribution < -0.4 is 15.5 Å². The maximum atomic E-state index is 12.8. The lowest BCUT2D eigenvalue weighted by Crippen LogP contribution is -2.46. The summed E-state index contributed by atoms with van der Waals surface area (Å²) in [6.07, 6.45) is 0.654. The number of hydrogen-bond donors (Lipinski definition) is 3. The number of carbonyl (C=O) groups is 2. The Hall–Kier alpha value is -3.49. The largest absolute Gasteiger partial charge is 0.489 e. The van der Waals surface area contributed by atoms with Crippen molar-refractivity contribution in [1.29, 1.82) is 0 Å². The number of aryl methyl sites for hydroxylation is 1. The number of pyridine rings is 1. The molecule has 2 aromatic carbocycles. The van der Waals surface area contributed by atoms with Gasteiger partial charge in [0.25, 0.3) is 5.91 Å². The molecule has 0 bridgehead atoms. The van der Waals surface area contributed by atoms with Gasteiger partial charge in [0.05, 0.1) is 11.7 Å². The van der Waals surface area contributed by atoms with Gasteiger partial charge in [0.1, 0.15) is 12.4 Å². The summed E-state index contributed by atoms with van der Waals surface area (Å²) in [5.41, 5.74) is 5.11. The van der Waals surface area contributed by atoms with Crippen LogP contribution in [0, 0.1) is 12.8 Å². The Balaban J connectivity index is 1.39. The fourth-order valence-electron chi connectivity index (χ4n) is 4.35. The minimum Gasteiger partial charge on any atom is -0.489 e. The molecule has 2 amide bonds. The lowest BCUT2D eigenvalue weighted by Gasteiger charge is -2.25. The molecule has 1 aliphatic heterocycles. The molecule has 3 N–H and O–H groups in total. The van der Waals surface area contributed by atoms with Crippen molar-refractivity contribution in [3.05, 3.63) is 71.4 Å². The van der Waals surface area contributed by atoms with Gasteiger partial charge < -0.3 is 10.1 Å². The van der Waals surface area contributed by atoms with Gasteiger partial charge >= 0.3 is 0 Å². The van der Waals surface area contributed by atoms with E-state index in [1.54, 1.807) is 29.7 Å². The maximum Gasteiger partial charge on any atom is 0.252 e. The normalized spacial score (nSPS) is 18.3. The SMILES string of the molecule is Cc1cc(COc2ccc(C(=O)NC3[C@H](CC(=O)NO)CCN3C)cc2)c2ccccc2n1. The van der Waals surface area contributed by atoms with E-state index in [4.69, 9.17) is 9.94 Å². The van der Waals surface area contributed by atoms with E-state index in [0.717, 1.165) is 35.1 Å². The first-order valence-electron chi connectivity index (χ1n) is 11.0. The van der Waals surface area contributed by atoms with E-state index in [9.17, 15) is 9.59 Å². The van der Waals surface area contributed by atoms with Gasteiger partial charge in [0.15, 0.2) is 0 Å². The van der Waals surface area contributed by atoms with E-state index in [-0.39, 0.29) is 24.4 Å². The average molecular weight is 449 g/mol. The highest BCUT2D eigenvalue weighted by molar-refractivity contribution is 5.94. The van der Waals surface area contributed by atoms with Crippen molar-refractivity contribution in [3.8, 4) is 5.75 Å². The molecule has 172 valence electrons. The van der Waals surface area contributed by atoms with E-state index in [2.05, 4.69) is 10.3 Å². The Labute approximate surface area is 192 Å². The number of nitrogens with one attached hydrogen (secondary N) is 2. The molecule has 8 heteroatoms. The maximum absolute atomic E-state index is 12.8. The number of hydroxylamine groups is 1. The van der Waals surface area contributed by atoms with Gasteiger partial charge in [-0.1, -0.05) is 18.2 Å². The smallest absolute Gasteiger partial charge is 0.252 e. The molecule has 2 atom stereocenters. The zero-order chi connectivity index (χ0) is 23.4. The molecule has 0 aliphatic carbocycles. The minimum absolute atomic E-state index is 0.0626. The molecule has 8 nitrogen and oxygen atoms in total. The van der Waals surface area contributed by atoms with Gasteiger partial charge in [-0.05, 0) is 56.8 Å². The van der Waals surface area contributed by atoms with Gasteiger partial charge in [0, 0.05) is 41.1 Å². The third-order valence-corrected chi connectivity index (χ3v) is 6.07. The van der Waals surface area contributed by atoms with Crippen molar-refractivity contribution >= 4 is 22.7 Å². The zero-order valence-electron chi connectivity index (χ0n) is 18.7. The van der Waals surface area contributed by atoms with Crippen molar-refractivity contribution in [2.24, 2.45) is 5.92 Å². The van der Waals surface area contributed by atoms with E-state index in [0.29, 0.717) is 17.9 Å². The number of amides is 2. The number of rotatable bonds is 7. The topological polar surface area (TPSA) is 104 Å².